The molecule has 0 aliphatic heterocycles. The number of rotatable bonds is 3. The molecule has 0 bridgehead atoms. The Hall–Kier alpha value is -0.650. The second-order valence-electron chi connectivity index (χ2n) is 5.04. The quantitative estimate of drug-likeness (QED) is 0.806. The van der Waals surface area contributed by atoms with Gasteiger partial charge in [-0.15, -0.1) is 0 Å². The second kappa shape index (κ2) is 5.38. The first-order valence-corrected chi connectivity index (χ1v) is 7.49. The Morgan fingerprint density at radius 3 is 2.74 bits per heavy atom. The van der Waals surface area contributed by atoms with E-state index in [1.54, 1.807) is 12.1 Å². The number of nitrogens with one attached hydrogen (secondary N) is 1. The van der Waals surface area contributed by atoms with E-state index in [1.807, 2.05) is 6.07 Å². The van der Waals surface area contributed by atoms with E-state index in [2.05, 4.69) is 28.2 Å². The number of carbonyl (C=O) groups excluding carboxylic acids is 1. The third-order valence-electron chi connectivity index (χ3n) is 3.48. The average molecular weight is 362 g/mol. The topological polar surface area (TPSA) is 55.1 Å². The molecule has 1 amide bonds. The molecule has 1 saturated carbocycles. The predicted molar refractivity (Wildman–Crippen MR) is 85.4 cm³/mol. The molecule has 0 unspecified atom stereocenters. The van der Waals surface area contributed by atoms with Crippen LogP contribution in [0.25, 0.3) is 0 Å². The number of hydrogen-bond acceptors (Lipinski definition) is 2. The van der Waals surface area contributed by atoms with Gasteiger partial charge in [-0.05, 0) is 37.0 Å². The van der Waals surface area contributed by atoms with Crippen molar-refractivity contribution in [3.05, 3.63) is 27.7 Å². The van der Waals surface area contributed by atoms with Crippen LogP contribution in [0.2, 0.25) is 5.02 Å². The van der Waals surface area contributed by atoms with Gasteiger partial charge in [0.1, 0.15) is 0 Å². The SMILES string of the molecule is CC1CC(C(=O)Nc2cc(Br)ccc2Cl)(C(N)=S)C1. The van der Waals surface area contributed by atoms with Gasteiger partial charge in [-0.1, -0.05) is 46.7 Å². The van der Waals surface area contributed by atoms with Crippen molar-refractivity contribution in [2.45, 2.75) is 19.8 Å². The Morgan fingerprint density at radius 2 is 2.21 bits per heavy atom. The molecule has 1 aliphatic carbocycles. The number of hydrogen-bond donors (Lipinski definition) is 2. The van der Waals surface area contributed by atoms with Gasteiger partial charge in [-0.25, -0.2) is 0 Å². The maximum atomic E-state index is 12.4. The normalized spacial score (nSPS) is 25.5. The first kappa shape index (κ1) is 14.8. The van der Waals surface area contributed by atoms with Crippen LogP contribution in [0.4, 0.5) is 5.69 Å². The van der Waals surface area contributed by atoms with Crippen molar-refractivity contribution >= 4 is 56.3 Å². The lowest BCUT2D eigenvalue weighted by Gasteiger charge is -2.44. The summed E-state index contributed by atoms with van der Waals surface area (Å²) in [6, 6.07) is 5.29. The fraction of sp³-hybridized carbons (Fsp3) is 0.385. The van der Waals surface area contributed by atoms with Gasteiger partial charge in [0.15, 0.2) is 0 Å². The van der Waals surface area contributed by atoms with E-state index in [9.17, 15) is 4.79 Å². The van der Waals surface area contributed by atoms with Gasteiger partial charge in [0, 0.05) is 4.47 Å². The smallest absolute Gasteiger partial charge is 0.237 e. The fourth-order valence-electron chi connectivity index (χ4n) is 2.46. The van der Waals surface area contributed by atoms with E-state index in [0.29, 0.717) is 29.5 Å². The predicted octanol–water partition coefficient (Wildman–Crippen LogP) is 3.74. The molecular weight excluding hydrogens is 348 g/mol. The molecule has 0 spiro atoms. The second-order valence-corrected chi connectivity index (χ2v) is 6.80. The first-order chi connectivity index (χ1) is 8.85. The molecule has 102 valence electrons. The summed E-state index contributed by atoms with van der Waals surface area (Å²) in [6.07, 6.45) is 1.39. The lowest BCUT2D eigenvalue weighted by Crippen LogP contribution is -2.53. The molecule has 6 heteroatoms. The number of carbonyl (C=O) groups is 1. The summed E-state index contributed by atoms with van der Waals surface area (Å²) >= 11 is 14.5. The summed E-state index contributed by atoms with van der Waals surface area (Å²) in [5.74, 6) is 0.295. The van der Waals surface area contributed by atoms with Crippen molar-refractivity contribution in [1.29, 1.82) is 0 Å². The van der Waals surface area contributed by atoms with Gasteiger partial charge in [0.25, 0.3) is 0 Å². The summed E-state index contributed by atoms with van der Waals surface area (Å²) in [5, 5.41) is 3.32. The van der Waals surface area contributed by atoms with Crippen LogP contribution in [-0.2, 0) is 4.79 Å². The van der Waals surface area contributed by atoms with Crippen molar-refractivity contribution in [1.82, 2.24) is 0 Å². The Morgan fingerprint density at radius 1 is 1.58 bits per heavy atom. The zero-order valence-electron chi connectivity index (χ0n) is 10.4. The molecule has 0 saturated heterocycles. The van der Waals surface area contributed by atoms with Crippen molar-refractivity contribution in [3.8, 4) is 0 Å². The number of benzene rings is 1. The van der Waals surface area contributed by atoms with Gasteiger partial charge < -0.3 is 11.1 Å². The maximum absolute atomic E-state index is 12.4. The monoisotopic (exact) mass is 360 g/mol. The molecule has 0 atom stereocenters. The molecule has 1 fully saturated rings. The Kier molecular flexibility index (Phi) is 4.18. The van der Waals surface area contributed by atoms with Crippen LogP contribution in [-0.4, -0.2) is 10.9 Å². The third kappa shape index (κ3) is 2.78. The highest BCUT2D eigenvalue weighted by molar-refractivity contribution is 9.10. The van der Waals surface area contributed by atoms with Crippen molar-refractivity contribution in [2.75, 3.05) is 5.32 Å². The molecular formula is C13H14BrClN2OS. The maximum Gasteiger partial charge on any atom is 0.237 e. The Bertz CT molecular complexity index is 543. The van der Waals surface area contributed by atoms with Gasteiger partial charge in [0.05, 0.1) is 21.1 Å². The molecule has 2 rings (SSSR count). The van der Waals surface area contributed by atoms with Crippen LogP contribution < -0.4 is 11.1 Å². The summed E-state index contributed by atoms with van der Waals surface area (Å²) in [6.45, 7) is 2.08. The van der Waals surface area contributed by atoms with Gasteiger partial charge in [-0.2, -0.15) is 0 Å². The highest BCUT2D eigenvalue weighted by Crippen LogP contribution is 2.46. The van der Waals surface area contributed by atoms with Crippen LogP contribution in [0.3, 0.4) is 0 Å². The van der Waals surface area contributed by atoms with Crippen LogP contribution in [0.5, 0.6) is 0 Å². The Labute approximate surface area is 131 Å². The Balaban J connectivity index is 2.21. The van der Waals surface area contributed by atoms with Crippen LogP contribution in [0.15, 0.2) is 22.7 Å². The van der Waals surface area contributed by atoms with Gasteiger partial charge in [-0.3, -0.25) is 4.79 Å². The summed E-state index contributed by atoms with van der Waals surface area (Å²) in [5.41, 5.74) is 5.59. The van der Waals surface area contributed by atoms with E-state index in [0.717, 1.165) is 4.47 Å². The molecule has 1 aliphatic rings. The minimum absolute atomic E-state index is 0.168. The largest absolute Gasteiger partial charge is 0.392 e. The van der Waals surface area contributed by atoms with Gasteiger partial charge >= 0.3 is 0 Å². The summed E-state index contributed by atoms with van der Waals surface area (Å²) in [4.78, 5) is 12.7. The molecule has 19 heavy (non-hydrogen) atoms. The number of amides is 1. The summed E-state index contributed by atoms with van der Waals surface area (Å²) in [7, 11) is 0. The lowest BCUT2D eigenvalue weighted by atomic mass is 9.62. The first-order valence-electron chi connectivity index (χ1n) is 5.91. The standard InChI is InChI=1S/C13H14BrClN2OS/c1-7-5-13(6-7,11(16)19)12(18)17-10-4-8(14)2-3-9(10)15/h2-4,7H,5-6H2,1H3,(H2,16,19)(H,17,18). The number of thiocarbonyl (C=S) groups is 1. The van der Waals surface area contributed by atoms with E-state index in [-0.39, 0.29) is 10.9 Å². The minimum Gasteiger partial charge on any atom is -0.392 e. The van der Waals surface area contributed by atoms with E-state index >= 15 is 0 Å². The highest BCUT2D eigenvalue weighted by Gasteiger charge is 2.50. The van der Waals surface area contributed by atoms with Crippen LogP contribution >= 0.6 is 39.7 Å². The fourth-order valence-corrected chi connectivity index (χ4v) is 3.25. The molecule has 0 radical (unpaired) electrons. The van der Waals surface area contributed by atoms with Crippen LogP contribution in [0, 0.1) is 11.3 Å². The number of halogens is 2. The number of anilines is 1. The van der Waals surface area contributed by atoms with E-state index in [1.165, 1.54) is 0 Å². The third-order valence-corrected chi connectivity index (χ3v) is 4.69. The van der Waals surface area contributed by atoms with E-state index < -0.39 is 5.41 Å². The van der Waals surface area contributed by atoms with Crippen molar-refractivity contribution in [3.63, 3.8) is 0 Å². The summed E-state index contributed by atoms with van der Waals surface area (Å²) < 4.78 is 0.846. The van der Waals surface area contributed by atoms with E-state index in [4.69, 9.17) is 29.6 Å². The molecule has 0 heterocycles. The van der Waals surface area contributed by atoms with Gasteiger partial charge in [0.2, 0.25) is 5.91 Å². The van der Waals surface area contributed by atoms with Crippen molar-refractivity contribution in [2.24, 2.45) is 17.1 Å². The lowest BCUT2D eigenvalue weighted by molar-refractivity contribution is -0.127. The molecule has 1 aromatic rings. The van der Waals surface area contributed by atoms with Crippen molar-refractivity contribution < 1.29 is 4.79 Å². The zero-order chi connectivity index (χ0) is 14.2. The molecule has 3 N–H and O–H groups in total. The number of nitrogens with two attached hydrogens (primary N) is 1. The average Bonchev–Trinajstić information content (AvgIpc) is 2.28. The minimum atomic E-state index is -0.722. The molecule has 3 nitrogen and oxygen atoms in total. The molecule has 0 aromatic heterocycles. The highest BCUT2D eigenvalue weighted by atomic mass is 79.9. The van der Waals surface area contributed by atoms with Crippen LogP contribution in [0.1, 0.15) is 19.8 Å². The zero-order valence-corrected chi connectivity index (χ0v) is 13.5. The molecule has 1 aromatic carbocycles.